The van der Waals surface area contributed by atoms with Gasteiger partial charge in [0.25, 0.3) is 0 Å². The Morgan fingerprint density at radius 3 is 2.74 bits per heavy atom. The highest BCUT2D eigenvalue weighted by Gasteiger charge is 2.19. The molecule has 1 aromatic carbocycles. The zero-order chi connectivity index (χ0) is 14.2. The maximum absolute atomic E-state index is 13.6. The van der Waals surface area contributed by atoms with E-state index in [1.165, 1.54) is 6.07 Å². The Hall–Kier alpha value is -1.55. The summed E-state index contributed by atoms with van der Waals surface area (Å²) < 4.78 is 15.2. The van der Waals surface area contributed by atoms with Crippen molar-refractivity contribution in [3.8, 4) is 11.3 Å². The molecule has 0 fully saturated rings. The third-order valence-electron chi connectivity index (χ3n) is 3.01. The first kappa shape index (κ1) is 13.9. The molecule has 0 aliphatic heterocycles. The highest BCUT2D eigenvalue weighted by molar-refractivity contribution is 6.33. The van der Waals surface area contributed by atoms with Gasteiger partial charge in [0.15, 0.2) is 0 Å². The molecule has 0 aliphatic carbocycles. The van der Waals surface area contributed by atoms with Crippen LogP contribution in [0.25, 0.3) is 11.3 Å². The lowest BCUT2D eigenvalue weighted by Crippen LogP contribution is -2.02. The summed E-state index contributed by atoms with van der Waals surface area (Å²) in [5, 5.41) is 4.46. The van der Waals surface area contributed by atoms with Crippen molar-refractivity contribution in [2.45, 2.75) is 20.3 Å². The van der Waals surface area contributed by atoms with Crippen molar-refractivity contribution in [1.29, 1.82) is 0 Å². The fraction of sp³-hybridized carbons (Fsp3) is 0.357. The summed E-state index contributed by atoms with van der Waals surface area (Å²) in [6.07, 6.45) is 0.780. The number of nitrogens with zero attached hydrogens (tertiary/aromatic N) is 2. The lowest BCUT2D eigenvalue weighted by molar-refractivity contribution is 0.628. The molecule has 2 N–H and O–H groups in total. The van der Waals surface area contributed by atoms with Crippen LogP contribution in [-0.2, 0) is 13.5 Å². The Labute approximate surface area is 117 Å². The number of nitrogens with two attached hydrogens (primary N) is 1. The largest absolute Gasteiger partial charge is 0.384 e. The van der Waals surface area contributed by atoms with Crippen molar-refractivity contribution in [2.24, 2.45) is 13.0 Å². The van der Waals surface area contributed by atoms with Crippen LogP contribution < -0.4 is 5.73 Å². The van der Waals surface area contributed by atoms with Crippen LogP contribution in [-0.4, -0.2) is 9.78 Å². The summed E-state index contributed by atoms with van der Waals surface area (Å²) in [6.45, 7) is 4.20. The van der Waals surface area contributed by atoms with Gasteiger partial charge in [-0.2, -0.15) is 5.10 Å². The predicted octanol–water partition coefficient (Wildman–Crippen LogP) is 3.66. The summed E-state index contributed by atoms with van der Waals surface area (Å²) in [6, 6.07) is 4.72. The topological polar surface area (TPSA) is 43.8 Å². The van der Waals surface area contributed by atoms with Crippen LogP contribution in [0.5, 0.6) is 0 Å². The summed E-state index contributed by atoms with van der Waals surface area (Å²) >= 11 is 6.03. The van der Waals surface area contributed by atoms with Crippen LogP contribution in [0.4, 0.5) is 10.2 Å². The molecule has 0 unspecified atom stereocenters. The molecule has 102 valence electrons. The third-order valence-corrected chi connectivity index (χ3v) is 3.40. The number of anilines is 1. The molecule has 0 radical (unpaired) electrons. The standard InChI is InChI=1S/C14H17ClFN3/c1-8(2)7-10-13(18-19(3)14(10)17)9-5-4-6-11(16)12(9)15/h4-6,8H,7,17H2,1-3H3. The van der Waals surface area contributed by atoms with Gasteiger partial charge in [0.1, 0.15) is 11.6 Å². The lowest BCUT2D eigenvalue weighted by Gasteiger charge is -2.08. The molecule has 1 heterocycles. The molecule has 0 aliphatic rings. The van der Waals surface area contributed by atoms with Crippen LogP contribution in [0.15, 0.2) is 18.2 Å². The molecule has 2 rings (SSSR count). The van der Waals surface area contributed by atoms with E-state index in [2.05, 4.69) is 18.9 Å². The zero-order valence-corrected chi connectivity index (χ0v) is 12.0. The summed E-state index contributed by atoms with van der Waals surface area (Å²) in [5.41, 5.74) is 8.21. The third kappa shape index (κ3) is 2.59. The zero-order valence-electron chi connectivity index (χ0n) is 11.2. The minimum atomic E-state index is -0.445. The molecule has 0 atom stereocenters. The van der Waals surface area contributed by atoms with Crippen molar-refractivity contribution in [3.63, 3.8) is 0 Å². The lowest BCUT2D eigenvalue weighted by atomic mass is 9.99. The van der Waals surface area contributed by atoms with Gasteiger partial charge >= 0.3 is 0 Å². The van der Waals surface area contributed by atoms with Crippen LogP contribution in [0, 0.1) is 11.7 Å². The predicted molar refractivity (Wildman–Crippen MR) is 76.6 cm³/mol. The van der Waals surface area contributed by atoms with Crippen LogP contribution >= 0.6 is 11.6 Å². The van der Waals surface area contributed by atoms with E-state index < -0.39 is 5.82 Å². The van der Waals surface area contributed by atoms with Crippen molar-refractivity contribution >= 4 is 17.4 Å². The average molecular weight is 282 g/mol. The number of aromatic nitrogens is 2. The van der Waals surface area contributed by atoms with Gasteiger partial charge in [-0.1, -0.05) is 37.6 Å². The first-order chi connectivity index (χ1) is 8.91. The van der Waals surface area contributed by atoms with E-state index in [4.69, 9.17) is 17.3 Å². The number of nitrogen functional groups attached to an aromatic ring is 1. The van der Waals surface area contributed by atoms with Gasteiger partial charge in [-0.3, -0.25) is 4.68 Å². The van der Waals surface area contributed by atoms with Crippen LogP contribution in [0.2, 0.25) is 5.02 Å². The second kappa shape index (κ2) is 5.21. The van der Waals surface area contributed by atoms with Gasteiger partial charge in [0, 0.05) is 18.2 Å². The van der Waals surface area contributed by atoms with E-state index in [0.29, 0.717) is 23.0 Å². The molecular weight excluding hydrogens is 265 g/mol. The highest BCUT2D eigenvalue weighted by atomic mass is 35.5. The number of rotatable bonds is 3. The van der Waals surface area contributed by atoms with Crippen molar-refractivity contribution < 1.29 is 4.39 Å². The van der Waals surface area contributed by atoms with E-state index in [1.807, 2.05) is 0 Å². The number of aryl methyl sites for hydroxylation is 1. The van der Waals surface area contributed by atoms with Crippen molar-refractivity contribution in [3.05, 3.63) is 34.6 Å². The van der Waals surface area contributed by atoms with Gasteiger partial charge in [0.2, 0.25) is 0 Å². The van der Waals surface area contributed by atoms with E-state index in [-0.39, 0.29) is 5.02 Å². The average Bonchev–Trinajstić information content (AvgIpc) is 2.60. The highest BCUT2D eigenvalue weighted by Crippen LogP contribution is 2.34. The second-order valence-corrected chi connectivity index (χ2v) is 5.41. The molecule has 1 aromatic heterocycles. The number of hydrogen-bond acceptors (Lipinski definition) is 2. The summed E-state index contributed by atoms with van der Waals surface area (Å²) in [7, 11) is 1.77. The van der Waals surface area contributed by atoms with Gasteiger partial charge in [-0.15, -0.1) is 0 Å². The van der Waals surface area contributed by atoms with E-state index in [0.717, 1.165) is 12.0 Å². The SMILES string of the molecule is CC(C)Cc1c(-c2cccc(F)c2Cl)nn(C)c1N. The Morgan fingerprint density at radius 2 is 2.11 bits per heavy atom. The molecule has 0 spiro atoms. The van der Waals surface area contributed by atoms with E-state index >= 15 is 0 Å². The van der Waals surface area contributed by atoms with E-state index in [1.54, 1.807) is 23.9 Å². The quantitative estimate of drug-likeness (QED) is 0.933. The fourth-order valence-electron chi connectivity index (χ4n) is 2.09. The molecule has 0 amide bonds. The maximum Gasteiger partial charge on any atom is 0.142 e. The number of benzene rings is 1. The summed E-state index contributed by atoms with van der Waals surface area (Å²) in [5.74, 6) is 0.584. The van der Waals surface area contributed by atoms with Crippen molar-refractivity contribution in [1.82, 2.24) is 9.78 Å². The molecule has 19 heavy (non-hydrogen) atoms. The van der Waals surface area contributed by atoms with Gasteiger partial charge < -0.3 is 5.73 Å². The molecule has 0 saturated carbocycles. The molecule has 0 saturated heterocycles. The first-order valence-corrected chi connectivity index (χ1v) is 6.55. The van der Waals surface area contributed by atoms with Gasteiger partial charge in [-0.25, -0.2) is 4.39 Å². The minimum absolute atomic E-state index is 0.0885. The van der Waals surface area contributed by atoms with Gasteiger partial charge in [0.05, 0.1) is 10.7 Å². The van der Waals surface area contributed by atoms with Crippen LogP contribution in [0.1, 0.15) is 19.4 Å². The first-order valence-electron chi connectivity index (χ1n) is 6.17. The van der Waals surface area contributed by atoms with Crippen LogP contribution in [0.3, 0.4) is 0 Å². The Morgan fingerprint density at radius 1 is 1.42 bits per heavy atom. The monoisotopic (exact) mass is 281 g/mol. The Bertz CT molecular complexity index is 605. The summed E-state index contributed by atoms with van der Waals surface area (Å²) in [4.78, 5) is 0. The van der Waals surface area contributed by atoms with Gasteiger partial charge in [-0.05, 0) is 18.4 Å². The maximum atomic E-state index is 13.6. The fourth-order valence-corrected chi connectivity index (χ4v) is 2.31. The normalized spacial score (nSPS) is 11.3. The number of halogens is 2. The number of hydrogen-bond donors (Lipinski definition) is 1. The molecule has 0 bridgehead atoms. The Kier molecular flexibility index (Phi) is 3.80. The molecular formula is C14H17ClFN3. The smallest absolute Gasteiger partial charge is 0.142 e. The second-order valence-electron chi connectivity index (χ2n) is 5.04. The molecule has 3 nitrogen and oxygen atoms in total. The molecule has 5 heteroatoms. The van der Waals surface area contributed by atoms with Crippen molar-refractivity contribution in [2.75, 3.05) is 5.73 Å². The van der Waals surface area contributed by atoms with E-state index in [9.17, 15) is 4.39 Å². The molecule has 2 aromatic rings. The Balaban J connectivity index is 2.62. The minimum Gasteiger partial charge on any atom is -0.384 e.